The van der Waals surface area contributed by atoms with Crippen molar-refractivity contribution in [2.45, 2.75) is 6.18 Å². The number of phenols is 1. The van der Waals surface area contributed by atoms with Crippen molar-refractivity contribution in [1.29, 1.82) is 5.41 Å². The van der Waals surface area contributed by atoms with Gasteiger partial charge in [0.05, 0.1) is 0 Å². The number of nitrogens with one attached hydrogen (secondary N) is 1. The van der Waals surface area contributed by atoms with E-state index in [9.17, 15) is 13.2 Å². The van der Waals surface area contributed by atoms with Crippen LogP contribution in [0, 0.1) is 5.41 Å². The van der Waals surface area contributed by atoms with Crippen LogP contribution in [0.3, 0.4) is 0 Å². The zero-order chi connectivity index (χ0) is 10.1. The highest BCUT2D eigenvalue weighted by molar-refractivity contribution is 6.04. The number of aromatic hydroxyl groups is 1. The van der Waals surface area contributed by atoms with Gasteiger partial charge in [-0.15, -0.1) is 0 Å². The second-order valence-electron chi connectivity index (χ2n) is 2.39. The molecule has 0 saturated heterocycles. The third-order valence-electron chi connectivity index (χ3n) is 1.46. The molecule has 0 aliphatic rings. The smallest absolute Gasteiger partial charge is 0.433 e. The molecule has 0 unspecified atom stereocenters. The van der Waals surface area contributed by atoms with Crippen molar-refractivity contribution in [2.75, 3.05) is 0 Å². The molecular weight excluding hydrogens is 183 g/mol. The summed E-state index contributed by atoms with van der Waals surface area (Å²) in [6, 6.07) is 4.87. The third-order valence-corrected chi connectivity index (χ3v) is 1.46. The van der Waals surface area contributed by atoms with E-state index in [0.717, 1.165) is 12.1 Å². The molecule has 0 aliphatic heterocycles. The molecule has 0 aliphatic carbocycles. The van der Waals surface area contributed by atoms with Crippen LogP contribution < -0.4 is 0 Å². The molecule has 0 atom stereocenters. The number of hydrogen-bond acceptors (Lipinski definition) is 2. The van der Waals surface area contributed by atoms with Crippen molar-refractivity contribution in [2.24, 2.45) is 0 Å². The summed E-state index contributed by atoms with van der Waals surface area (Å²) in [6.07, 6.45) is -4.72. The van der Waals surface area contributed by atoms with E-state index in [4.69, 9.17) is 10.5 Å². The average Bonchev–Trinajstić information content (AvgIpc) is 2.02. The highest BCUT2D eigenvalue weighted by Crippen LogP contribution is 2.26. The topological polar surface area (TPSA) is 44.1 Å². The van der Waals surface area contributed by atoms with Gasteiger partial charge < -0.3 is 5.11 Å². The summed E-state index contributed by atoms with van der Waals surface area (Å²) in [5, 5.41) is 15.7. The molecule has 0 spiro atoms. The van der Waals surface area contributed by atoms with E-state index < -0.39 is 23.2 Å². The number of para-hydroxylation sites is 1. The van der Waals surface area contributed by atoms with Gasteiger partial charge in [0.25, 0.3) is 0 Å². The fraction of sp³-hybridized carbons (Fsp3) is 0.125. The maximum absolute atomic E-state index is 12.0. The van der Waals surface area contributed by atoms with Gasteiger partial charge in [0, 0.05) is 5.56 Å². The Labute approximate surface area is 72.1 Å². The predicted octanol–water partition coefficient (Wildman–Crippen LogP) is 2.32. The molecule has 2 nitrogen and oxygen atoms in total. The zero-order valence-corrected chi connectivity index (χ0v) is 6.39. The summed E-state index contributed by atoms with van der Waals surface area (Å²) < 4.78 is 35.9. The van der Waals surface area contributed by atoms with Crippen molar-refractivity contribution < 1.29 is 18.3 Å². The van der Waals surface area contributed by atoms with Crippen LogP contribution in [0.15, 0.2) is 24.3 Å². The fourth-order valence-corrected chi connectivity index (χ4v) is 0.838. The van der Waals surface area contributed by atoms with Crippen LogP contribution in [0.1, 0.15) is 5.56 Å². The van der Waals surface area contributed by atoms with Crippen LogP contribution in [0.5, 0.6) is 5.75 Å². The van der Waals surface area contributed by atoms with Gasteiger partial charge in [-0.25, -0.2) is 0 Å². The third kappa shape index (κ3) is 1.99. The van der Waals surface area contributed by atoms with E-state index in [0.29, 0.717) is 0 Å². The van der Waals surface area contributed by atoms with Crippen molar-refractivity contribution in [3.63, 3.8) is 0 Å². The summed E-state index contributed by atoms with van der Waals surface area (Å²) >= 11 is 0. The first-order valence-corrected chi connectivity index (χ1v) is 3.37. The van der Waals surface area contributed by atoms with Crippen LogP contribution in [-0.4, -0.2) is 17.0 Å². The number of rotatable bonds is 1. The van der Waals surface area contributed by atoms with E-state index in [2.05, 4.69) is 0 Å². The number of halogens is 3. The Hall–Kier alpha value is -1.52. The summed E-state index contributed by atoms with van der Waals surface area (Å²) in [5.41, 5.74) is -2.04. The van der Waals surface area contributed by atoms with Crippen LogP contribution >= 0.6 is 0 Å². The normalized spacial score (nSPS) is 11.3. The predicted molar refractivity (Wildman–Crippen MR) is 41.0 cm³/mol. The number of hydrogen-bond donors (Lipinski definition) is 2. The Morgan fingerprint density at radius 3 is 2.23 bits per heavy atom. The monoisotopic (exact) mass is 189 g/mol. The molecule has 0 fully saturated rings. The van der Waals surface area contributed by atoms with Crippen molar-refractivity contribution >= 4 is 5.71 Å². The van der Waals surface area contributed by atoms with Gasteiger partial charge >= 0.3 is 6.18 Å². The molecule has 2 N–H and O–H groups in total. The molecule has 0 saturated carbocycles. The Balaban J connectivity index is 3.10. The van der Waals surface area contributed by atoms with E-state index in [1.54, 1.807) is 0 Å². The number of phenolic OH excluding ortho intramolecular Hbond substituents is 1. The molecule has 0 radical (unpaired) electrons. The van der Waals surface area contributed by atoms with E-state index in [1.165, 1.54) is 12.1 Å². The van der Waals surface area contributed by atoms with E-state index in [1.807, 2.05) is 0 Å². The van der Waals surface area contributed by atoms with Gasteiger partial charge in [0.1, 0.15) is 11.5 Å². The van der Waals surface area contributed by atoms with Crippen LogP contribution in [0.25, 0.3) is 0 Å². The summed E-state index contributed by atoms with van der Waals surface area (Å²) in [6.45, 7) is 0. The highest BCUT2D eigenvalue weighted by Gasteiger charge is 2.36. The van der Waals surface area contributed by atoms with Gasteiger partial charge in [-0.05, 0) is 12.1 Å². The van der Waals surface area contributed by atoms with Gasteiger partial charge in [-0.3, -0.25) is 5.41 Å². The summed E-state index contributed by atoms with van der Waals surface area (Å²) in [5.74, 6) is -0.537. The number of alkyl halides is 3. The minimum Gasteiger partial charge on any atom is -0.507 e. The molecule has 0 heterocycles. The number of benzene rings is 1. The first-order valence-electron chi connectivity index (χ1n) is 3.37. The quantitative estimate of drug-likeness (QED) is 0.654. The van der Waals surface area contributed by atoms with E-state index in [-0.39, 0.29) is 0 Å². The first kappa shape index (κ1) is 9.57. The molecule has 1 rings (SSSR count). The van der Waals surface area contributed by atoms with Crippen molar-refractivity contribution in [1.82, 2.24) is 0 Å². The summed E-state index contributed by atoms with van der Waals surface area (Å²) in [7, 11) is 0. The SMILES string of the molecule is N=C(c1ccccc1O)C(F)(F)F. The molecule has 1 aromatic carbocycles. The minimum absolute atomic E-state index is 0.505. The molecule has 13 heavy (non-hydrogen) atoms. The van der Waals surface area contributed by atoms with E-state index >= 15 is 0 Å². The lowest BCUT2D eigenvalue weighted by Gasteiger charge is -2.08. The highest BCUT2D eigenvalue weighted by atomic mass is 19.4. The van der Waals surface area contributed by atoms with Gasteiger partial charge in [0.15, 0.2) is 0 Å². The average molecular weight is 189 g/mol. The zero-order valence-electron chi connectivity index (χ0n) is 6.39. The minimum atomic E-state index is -4.72. The molecular formula is C8H6F3NO. The lowest BCUT2D eigenvalue weighted by atomic mass is 10.1. The maximum atomic E-state index is 12.0. The molecule has 70 valence electrons. The largest absolute Gasteiger partial charge is 0.507 e. The first-order chi connectivity index (χ1) is 5.93. The van der Waals surface area contributed by atoms with Gasteiger partial charge in [-0.2, -0.15) is 13.2 Å². The molecule has 0 aromatic heterocycles. The summed E-state index contributed by atoms with van der Waals surface area (Å²) in [4.78, 5) is 0. The Morgan fingerprint density at radius 1 is 1.23 bits per heavy atom. The second-order valence-corrected chi connectivity index (χ2v) is 2.39. The molecule has 1 aromatic rings. The van der Waals surface area contributed by atoms with Crippen LogP contribution in [-0.2, 0) is 0 Å². The van der Waals surface area contributed by atoms with Crippen LogP contribution in [0.2, 0.25) is 0 Å². The standard InChI is InChI=1S/C8H6F3NO/c9-8(10,11)7(12)5-3-1-2-4-6(5)13/h1-4,12-13H. The Kier molecular flexibility index (Phi) is 2.27. The lowest BCUT2D eigenvalue weighted by molar-refractivity contribution is -0.0588. The lowest BCUT2D eigenvalue weighted by Crippen LogP contribution is -2.22. The van der Waals surface area contributed by atoms with Crippen molar-refractivity contribution in [3.8, 4) is 5.75 Å². The van der Waals surface area contributed by atoms with Crippen LogP contribution in [0.4, 0.5) is 13.2 Å². The Bertz CT molecular complexity index is 332. The molecule has 0 bridgehead atoms. The Morgan fingerprint density at radius 2 is 1.77 bits per heavy atom. The molecule has 5 heteroatoms. The van der Waals surface area contributed by atoms with Gasteiger partial charge in [-0.1, -0.05) is 12.1 Å². The second kappa shape index (κ2) is 3.08. The maximum Gasteiger partial charge on any atom is 0.433 e. The van der Waals surface area contributed by atoms with Crippen molar-refractivity contribution in [3.05, 3.63) is 29.8 Å². The van der Waals surface area contributed by atoms with Gasteiger partial charge in [0.2, 0.25) is 0 Å². The fourth-order valence-electron chi connectivity index (χ4n) is 0.838. The molecule has 0 amide bonds.